The maximum atomic E-state index is 5.88. The fourth-order valence-electron chi connectivity index (χ4n) is 2.96. The lowest BCUT2D eigenvalue weighted by Gasteiger charge is -2.19. The molecular weight excluding hydrogens is 290 g/mol. The van der Waals surface area contributed by atoms with E-state index in [1.807, 2.05) is 48.3 Å². The predicted octanol–water partition coefficient (Wildman–Crippen LogP) is 2.56. The van der Waals surface area contributed by atoms with Gasteiger partial charge in [0, 0.05) is 38.0 Å². The van der Waals surface area contributed by atoms with Crippen molar-refractivity contribution in [3.05, 3.63) is 53.9 Å². The van der Waals surface area contributed by atoms with Crippen molar-refractivity contribution in [1.82, 2.24) is 15.1 Å². The van der Waals surface area contributed by atoms with E-state index in [1.165, 1.54) is 0 Å². The average molecular weight is 313 g/mol. The fraction of sp³-hybridized carbons (Fsp3) is 0.389. The molecule has 0 radical (unpaired) electrons. The Morgan fingerprint density at radius 3 is 3.04 bits per heavy atom. The van der Waals surface area contributed by atoms with E-state index in [0.717, 1.165) is 36.6 Å². The summed E-state index contributed by atoms with van der Waals surface area (Å²) in [5.74, 6) is 0.890. The summed E-state index contributed by atoms with van der Waals surface area (Å²) in [4.78, 5) is 0. The highest BCUT2D eigenvalue weighted by Gasteiger charge is 2.30. The maximum absolute atomic E-state index is 5.88. The zero-order chi connectivity index (χ0) is 16.1. The molecule has 2 atom stereocenters. The van der Waals surface area contributed by atoms with Crippen molar-refractivity contribution < 1.29 is 9.47 Å². The average Bonchev–Trinajstić information content (AvgIpc) is 3.20. The summed E-state index contributed by atoms with van der Waals surface area (Å²) in [5.41, 5.74) is 2.20. The molecule has 3 rings (SSSR count). The number of nitrogens with zero attached hydrogens (tertiary/aromatic N) is 2. The fourth-order valence-corrected chi connectivity index (χ4v) is 2.96. The second-order valence-corrected chi connectivity index (χ2v) is 5.62. The van der Waals surface area contributed by atoms with Crippen LogP contribution in [0.1, 0.15) is 23.8 Å². The number of hydrogen-bond acceptors (Lipinski definition) is 4. The van der Waals surface area contributed by atoms with E-state index < -0.39 is 0 Å². The molecule has 5 nitrogen and oxygen atoms in total. The molecule has 1 aromatic carbocycles. The van der Waals surface area contributed by atoms with Crippen LogP contribution in [0.4, 0.5) is 0 Å². The third kappa shape index (κ3) is 3.63. The number of para-hydroxylation sites is 1. The molecule has 1 fully saturated rings. The van der Waals surface area contributed by atoms with Crippen LogP contribution in [0.3, 0.4) is 0 Å². The van der Waals surface area contributed by atoms with E-state index in [4.69, 9.17) is 9.47 Å². The highest BCUT2D eigenvalue weighted by atomic mass is 16.5. The van der Waals surface area contributed by atoms with Crippen LogP contribution >= 0.6 is 0 Å². The quantitative estimate of drug-likeness (QED) is 0.890. The SMILES string of the molecule is COc1ccccc1/C=C/CN[C@H]1CCO[C@@H]1c1ccnn1C. The van der Waals surface area contributed by atoms with E-state index in [-0.39, 0.29) is 6.10 Å². The third-order valence-electron chi connectivity index (χ3n) is 4.18. The predicted molar refractivity (Wildman–Crippen MR) is 90.3 cm³/mol. The number of nitrogens with one attached hydrogen (secondary N) is 1. The molecule has 0 aliphatic carbocycles. The topological polar surface area (TPSA) is 48.3 Å². The molecule has 122 valence electrons. The summed E-state index contributed by atoms with van der Waals surface area (Å²) in [6, 6.07) is 10.3. The Kier molecular flexibility index (Phi) is 5.10. The lowest BCUT2D eigenvalue weighted by atomic mass is 10.1. The first kappa shape index (κ1) is 15.8. The molecular formula is C18H23N3O2. The van der Waals surface area contributed by atoms with Crippen LogP contribution < -0.4 is 10.1 Å². The Bertz CT molecular complexity index is 666. The highest BCUT2D eigenvalue weighted by Crippen LogP contribution is 2.28. The lowest BCUT2D eigenvalue weighted by Crippen LogP contribution is -2.32. The van der Waals surface area contributed by atoms with Crippen LogP contribution in [0.15, 0.2) is 42.6 Å². The van der Waals surface area contributed by atoms with Crippen molar-refractivity contribution in [2.45, 2.75) is 18.6 Å². The van der Waals surface area contributed by atoms with Gasteiger partial charge in [-0.25, -0.2) is 0 Å². The molecule has 0 amide bonds. The summed E-state index contributed by atoms with van der Waals surface area (Å²) in [6.45, 7) is 1.57. The third-order valence-corrected chi connectivity index (χ3v) is 4.18. The Morgan fingerprint density at radius 1 is 1.39 bits per heavy atom. The number of ether oxygens (including phenoxy) is 2. The molecule has 2 heterocycles. The van der Waals surface area contributed by atoms with Gasteiger partial charge in [-0.05, 0) is 18.6 Å². The first-order chi connectivity index (χ1) is 11.3. The van der Waals surface area contributed by atoms with Crippen LogP contribution in [0.2, 0.25) is 0 Å². The molecule has 1 aromatic heterocycles. The number of hydrogen-bond donors (Lipinski definition) is 1. The van der Waals surface area contributed by atoms with Crippen LogP contribution in [-0.2, 0) is 11.8 Å². The normalized spacial score (nSPS) is 21.1. The van der Waals surface area contributed by atoms with Gasteiger partial charge in [-0.3, -0.25) is 4.68 Å². The number of aryl methyl sites for hydroxylation is 1. The first-order valence-electron chi connectivity index (χ1n) is 7.92. The summed E-state index contributed by atoms with van der Waals surface area (Å²) >= 11 is 0. The highest BCUT2D eigenvalue weighted by molar-refractivity contribution is 5.57. The van der Waals surface area contributed by atoms with Crippen LogP contribution in [0, 0.1) is 0 Å². The second-order valence-electron chi connectivity index (χ2n) is 5.62. The number of aromatic nitrogens is 2. The molecule has 1 saturated heterocycles. The van der Waals surface area contributed by atoms with Crippen molar-refractivity contribution in [3.63, 3.8) is 0 Å². The summed E-state index contributed by atoms with van der Waals surface area (Å²) in [6.07, 6.45) is 7.10. The molecule has 2 aromatic rings. The van der Waals surface area contributed by atoms with Crippen LogP contribution in [-0.4, -0.2) is 36.1 Å². The van der Waals surface area contributed by atoms with Gasteiger partial charge in [-0.1, -0.05) is 30.4 Å². The zero-order valence-electron chi connectivity index (χ0n) is 13.6. The monoisotopic (exact) mass is 313 g/mol. The first-order valence-corrected chi connectivity index (χ1v) is 7.92. The van der Waals surface area contributed by atoms with Crippen molar-refractivity contribution >= 4 is 6.08 Å². The molecule has 1 aliphatic heterocycles. The smallest absolute Gasteiger partial charge is 0.126 e. The Hall–Kier alpha value is -2.11. The Morgan fingerprint density at radius 2 is 2.26 bits per heavy atom. The molecule has 1 N–H and O–H groups in total. The number of methoxy groups -OCH3 is 1. The van der Waals surface area contributed by atoms with Gasteiger partial charge >= 0.3 is 0 Å². The van der Waals surface area contributed by atoms with E-state index in [9.17, 15) is 0 Å². The molecule has 0 spiro atoms. The van der Waals surface area contributed by atoms with E-state index >= 15 is 0 Å². The van der Waals surface area contributed by atoms with Gasteiger partial charge < -0.3 is 14.8 Å². The van der Waals surface area contributed by atoms with E-state index in [1.54, 1.807) is 7.11 Å². The molecule has 0 saturated carbocycles. The van der Waals surface area contributed by atoms with Gasteiger partial charge in [0.05, 0.1) is 12.8 Å². The van der Waals surface area contributed by atoms with Crippen molar-refractivity contribution in [2.75, 3.05) is 20.3 Å². The molecule has 5 heteroatoms. The van der Waals surface area contributed by atoms with Crippen LogP contribution in [0.5, 0.6) is 5.75 Å². The minimum absolute atomic E-state index is 0.0714. The lowest BCUT2D eigenvalue weighted by molar-refractivity contribution is 0.0929. The van der Waals surface area contributed by atoms with Gasteiger partial charge in [0.1, 0.15) is 11.9 Å². The Labute approximate surface area is 136 Å². The Balaban J connectivity index is 1.58. The van der Waals surface area contributed by atoms with Gasteiger partial charge in [0.2, 0.25) is 0 Å². The van der Waals surface area contributed by atoms with Gasteiger partial charge in [-0.15, -0.1) is 0 Å². The van der Waals surface area contributed by atoms with E-state index in [2.05, 4.69) is 22.6 Å². The van der Waals surface area contributed by atoms with Crippen LogP contribution in [0.25, 0.3) is 6.08 Å². The maximum Gasteiger partial charge on any atom is 0.126 e. The summed E-state index contributed by atoms with van der Waals surface area (Å²) < 4.78 is 13.1. The molecule has 23 heavy (non-hydrogen) atoms. The van der Waals surface area contributed by atoms with Crippen molar-refractivity contribution in [3.8, 4) is 5.75 Å². The van der Waals surface area contributed by atoms with E-state index in [0.29, 0.717) is 6.04 Å². The standard InChI is InChI=1S/C18H23N3O2/c1-21-16(9-12-20-21)18-15(10-13-23-18)19-11-5-7-14-6-3-4-8-17(14)22-2/h3-9,12,15,18-19H,10-11,13H2,1-2H3/b7-5+/t15-,18-/m0/s1. The molecule has 0 bridgehead atoms. The minimum atomic E-state index is 0.0714. The van der Waals surface area contributed by atoms with Crippen molar-refractivity contribution in [2.24, 2.45) is 7.05 Å². The summed E-state index contributed by atoms with van der Waals surface area (Å²) in [5, 5.41) is 7.79. The zero-order valence-corrected chi connectivity index (χ0v) is 13.6. The molecule has 1 aliphatic rings. The number of benzene rings is 1. The number of rotatable bonds is 6. The van der Waals surface area contributed by atoms with Gasteiger partial charge in [0.25, 0.3) is 0 Å². The summed E-state index contributed by atoms with van der Waals surface area (Å²) in [7, 11) is 3.65. The largest absolute Gasteiger partial charge is 0.496 e. The minimum Gasteiger partial charge on any atom is -0.496 e. The van der Waals surface area contributed by atoms with Gasteiger partial charge in [0.15, 0.2) is 0 Å². The second kappa shape index (κ2) is 7.44. The van der Waals surface area contributed by atoms with Crippen molar-refractivity contribution in [1.29, 1.82) is 0 Å². The van der Waals surface area contributed by atoms with Gasteiger partial charge in [-0.2, -0.15) is 5.10 Å². The molecule has 0 unspecified atom stereocenters.